The highest BCUT2D eigenvalue weighted by atomic mass is 32.1. The molecule has 1 saturated carbocycles. The van der Waals surface area contributed by atoms with E-state index in [0.717, 1.165) is 25.7 Å². The third kappa shape index (κ3) is 2.14. The Bertz CT molecular complexity index is 483. The largest absolute Gasteiger partial charge is 0.480 e. The summed E-state index contributed by atoms with van der Waals surface area (Å²) in [4.78, 5) is 25.1. The smallest absolute Gasteiger partial charge is 0.326 e. The minimum absolute atomic E-state index is 0.123. The third-order valence-electron chi connectivity index (χ3n) is 3.62. The van der Waals surface area contributed by atoms with Gasteiger partial charge >= 0.3 is 5.97 Å². The summed E-state index contributed by atoms with van der Waals surface area (Å²) in [6, 6.07) is 1.21. The lowest BCUT2D eigenvalue weighted by Crippen LogP contribution is -2.42. The number of hydrogen-bond donors (Lipinski definition) is 2. The van der Waals surface area contributed by atoms with E-state index in [1.165, 1.54) is 28.2 Å². The van der Waals surface area contributed by atoms with Gasteiger partial charge in [-0.05, 0) is 49.7 Å². The van der Waals surface area contributed by atoms with Crippen molar-refractivity contribution in [3.8, 4) is 0 Å². The summed E-state index contributed by atoms with van der Waals surface area (Å²) in [7, 11) is 0. The van der Waals surface area contributed by atoms with Crippen LogP contribution in [0.15, 0.2) is 6.07 Å². The molecule has 5 heteroatoms. The second-order valence-electron chi connectivity index (χ2n) is 5.04. The molecule has 0 spiro atoms. The summed E-state index contributed by atoms with van der Waals surface area (Å²) in [5, 5.41) is 11.7. The molecular formula is C13H15NO3S. The van der Waals surface area contributed by atoms with Gasteiger partial charge in [0.05, 0.1) is 4.88 Å². The van der Waals surface area contributed by atoms with Gasteiger partial charge < -0.3 is 10.4 Å². The van der Waals surface area contributed by atoms with Gasteiger partial charge in [0.1, 0.15) is 6.04 Å². The van der Waals surface area contributed by atoms with E-state index in [1.54, 1.807) is 0 Å². The number of carboxylic acids is 1. The molecular weight excluding hydrogens is 250 g/mol. The second kappa shape index (κ2) is 4.39. The molecule has 3 rings (SSSR count). The van der Waals surface area contributed by atoms with Gasteiger partial charge in [0.15, 0.2) is 0 Å². The maximum absolute atomic E-state index is 12.0. The van der Waals surface area contributed by atoms with Gasteiger partial charge in [-0.3, -0.25) is 4.79 Å². The van der Waals surface area contributed by atoms with Crippen LogP contribution in [0.1, 0.15) is 39.4 Å². The van der Waals surface area contributed by atoms with Crippen LogP contribution >= 0.6 is 11.3 Å². The minimum Gasteiger partial charge on any atom is -0.480 e. The van der Waals surface area contributed by atoms with E-state index in [-0.39, 0.29) is 11.8 Å². The van der Waals surface area contributed by atoms with Crippen molar-refractivity contribution >= 4 is 23.2 Å². The molecule has 1 aromatic heterocycles. The molecule has 0 radical (unpaired) electrons. The van der Waals surface area contributed by atoms with E-state index in [9.17, 15) is 9.59 Å². The Kier molecular flexibility index (Phi) is 2.86. The van der Waals surface area contributed by atoms with Gasteiger partial charge in [0, 0.05) is 4.88 Å². The molecule has 0 saturated heterocycles. The monoisotopic (exact) mass is 265 g/mol. The predicted octanol–water partition coefficient (Wildman–Crippen LogP) is 1.83. The summed E-state index contributed by atoms with van der Waals surface area (Å²) in [6.07, 6.45) is 5.07. The van der Waals surface area contributed by atoms with Crippen LogP contribution in [0.2, 0.25) is 0 Å². The number of thiophene rings is 1. The molecule has 4 nitrogen and oxygen atoms in total. The zero-order chi connectivity index (χ0) is 12.7. The van der Waals surface area contributed by atoms with Crippen molar-refractivity contribution < 1.29 is 14.7 Å². The first kappa shape index (κ1) is 11.7. The molecule has 1 heterocycles. The Labute approximate surface area is 109 Å². The maximum atomic E-state index is 12.0. The molecule has 1 aromatic rings. The van der Waals surface area contributed by atoms with E-state index in [2.05, 4.69) is 5.32 Å². The Hall–Kier alpha value is -1.36. The van der Waals surface area contributed by atoms with Gasteiger partial charge in [-0.15, -0.1) is 11.3 Å². The number of aliphatic carboxylic acids is 1. The van der Waals surface area contributed by atoms with Crippen molar-refractivity contribution in [3.05, 3.63) is 21.4 Å². The topological polar surface area (TPSA) is 66.4 Å². The lowest BCUT2D eigenvalue weighted by molar-refractivity contribution is -0.139. The quantitative estimate of drug-likeness (QED) is 0.872. The lowest BCUT2D eigenvalue weighted by atomic mass is 10.2. The van der Waals surface area contributed by atoms with Crippen molar-refractivity contribution in [2.45, 2.75) is 38.1 Å². The second-order valence-corrected chi connectivity index (χ2v) is 6.18. The summed E-state index contributed by atoms with van der Waals surface area (Å²) in [6.45, 7) is 0. The molecule has 2 N–H and O–H groups in total. The molecule has 96 valence electrons. The number of carbonyl (C=O) groups excluding carboxylic acids is 1. The average Bonchev–Trinajstić information content (AvgIpc) is 2.91. The van der Waals surface area contributed by atoms with Crippen molar-refractivity contribution in [2.75, 3.05) is 0 Å². The van der Waals surface area contributed by atoms with Gasteiger partial charge in [0.25, 0.3) is 5.91 Å². The molecule has 1 atom stereocenters. The molecule has 1 fully saturated rings. The Morgan fingerprint density at radius 2 is 2.17 bits per heavy atom. The first-order chi connectivity index (χ1) is 8.65. The van der Waals surface area contributed by atoms with E-state index in [1.807, 2.05) is 6.07 Å². The molecule has 2 aliphatic rings. The number of fused-ring (bicyclic) bond motifs is 1. The molecule has 0 aliphatic heterocycles. The number of amides is 1. The number of nitrogens with one attached hydrogen (secondary N) is 1. The SMILES string of the molecule is O=C(NC(C(=O)O)C1CC1)c1cc2c(s1)CCC2. The third-order valence-corrected chi connectivity index (χ3v) is 4.85. The van der Waals surface area contributed by atoms with Crippen LogP contribution in [0.3, 0.4) is 0 Å². The standard InChI is InChI=1S/C13H15NO3S/c15-12(14-11(13(16)17)7-4-5-7)10-6-8-2-1-3-9(8)18-10/h6-7,11H,1-5H2,(H,14,15)(H,16,17). The first-order valence-electron chi connectivity index (χ1n) is 6.30. The molecule has 18 heavy (non-hydrogen) atoms. The minimum atomic E-state index is -0.921. The van der Waals surface area contributed by atoms with Crippen LogP contribution in [0, 0.1) is 5.92 Å². The van der Waals surface area contributed by atoms with Crippen LogP contribution in [-0.4, -0.2) is 23.0 Å². The fraction of sp³-hybridized carbons (Fsp3) is 0.538. The highest BCUT2D eigenvalue weighted by molar-refractivity contribution is 7.14. The summed E-state index contributed by atoms with van der Waals surface area (Å²) in [5.74, 6) is -1.03. The fourth-order valence-electron chi connectivity index (χ4n) is 2.46. The Morgan fingerprint density at radius 3 is 2.78 bits per heavy atom. The zero-order valence-corrected chi connectivity index (χ0v) is 10.8. The lowest BCUT2D eigenvalue weighted by Gasteiger charge is -2.12. The highest BCUT2D eigenvalue weighted by Gasteiger charge is 2.37. The van der Waals surface area contributed by atoms with E-state index < -0.39 is 12.0 Å². The first-order valence-corrected chi connectivity index (χ1v) is 7.12. The van der Waals surface area contributed by atoms with E-state index >= 15 is 0 Å². The van der Waals surface area contributed by atoms with E-state index in [4.69, 9.17) is 5.11 Å². The van der Waals surface area contributed by atoms with Crippen LogP contribution in [0.5, 0.6) is 0 Å². The maximum Gasteiger partial charge on any atom is 0.326 e. The van der Waals surface area contributed by atoms with Crippen molar-refractivity contribution in [3.63, 3.8) is 0 Å². The summed E-state index contributed by atoms with van der Waals surface area (Å²) >= 11 is 1.51. The number of carboxylic acid groups (broad SMARTS) is 1. The summed E-state index contributed by atoms with van der Waals surface area (Å²) in [5.41, 5.74) is 1.27. The van der Waals surface area contributed by atoms with Gasteiger partial charge in [-0.1, -0.05) is 0 Å². The average molecular weight is 265 g/mol. The summed E-state index contributed by atoms with van der Waals surface area (Å²) < 4.78 is 0. The van der Waals surface area contributed by atoms with Crippen LogP contribution < -0.4 is 5.32 Å². The Balaban J connectivity index is 1.71. The van der Waals surface area contributed by atoms with E-state index in [0.29, 0.717) is 4.88 Å². The number of carbonyl (C=O) groups is 2. The molecule has 0 bridgehead atoms. The predicted molar refractivity (Wildman–Crippen MR) is 68.0 cm³/mol. The molecule has 1 unspecified atom stereocenters. The zero-order valence-electron chi connectivity index (χ0n) is 9.94. The van der Waals surface area contributed by atoms with Crippen LogP contribution in [-0.2, 0) is 17.6 Å². The fourth-order valence-corrected chi connectivity index (χ4v) is 3.62. The van der Waals surface area contributed by atoms with Crippen molar-refractivity contribution in [1.82, 2.24) is 5.32 Å². The molecule has 0 aromatic carbocycles. The van der Waals surface area contributed by atoms with Crippen LogP contribution in [0.25, 0.3) is 0 Å². The molecule has 2 aliphatic carbocycles. The molecule has 1 amide bonds. The highest BCUT2D eigenvalue weighted by Crippen LogP contribution is 2.34. The van der Waals surface area contributed by atoms with Crippen molar-refractivity contribution in [1.29, 1.82) is 0 Å². The van der Waals surface area contributed by atoms with Gasteiger partial charge in [-0.2, -0.15) is 0 Å². The number of aryl methyl sites for hydroxylation is 2. The van der Waals surface area contributed by atoms with Gasteiger partial charge in [-0.25, -0.2) is 4.79 Å². The van der Waals surface area contributed by atoms with Gasteiger partial charge in [0.2, 0.25) is 0 Å². The normalized spacial score (nSPS) is 19.3. The number of rotatable bonds is 4. The Morgan fingerprint density at radius 1 is 1.39 bits per heavy atom. The van der Waals surface area contributed by atoms with Crippen molar-refractivity contribution in [2.24, 2.45) is 5.92 Å². The number of hydrogen-bond acceptors (Lipinski definition) is 3. The van der Waals surface area contributed by atoms with Crippen LogP contribution in [0.4, 0.5) is 0 Å².